The van der Waals surface area contributed by atoms with Crippen molar-refractivity contribution in [2.24, 2.45) is 0 Å². The Morgan fingerprint density at radius 1 is 0.750 bits per heavy atom. The Morgan fingerprint density at radius 3 is 0.750 bits per heavy atom. The van der Waals surface area contributed by atoms with Crippen LogP contribution < -0.4 is 37.7 Å². The monoisotopic (exact) mass is 48.0 g/mol. The van der Waals surface area contributed by atoms with Crippen LogP contribution in [-0.4, -0.2) is 5.48 Å². The summed E-state index contributed by atoms with van der Waals surface area (Å²) in [6, 6.07) is 0. The third-order valence-electron chi connectivity index (χ3n) is 0. The van der Waals surface area contributed by atoms with Gasteiger partial charge in [0.25, 0.3) is 0 Å². The van der Waals surface area contributed by atoms with Crippen LogP contribution in [0.1, 0.15) is 0 Å². The van der Waals surface area contributed by atoms with Crippen molar-refractivity contribution in [3.8, 4) is 0 Å². The average Bonchev–Trinajstić information content (AvgIpc) is 0. The molecule has 2 N–H and O–H groups in total. The fourth-order valence-electron chi connectivity index (χ4n) is 0. The molecule has 0 fully saturated rings. The fraction of sp³-hybridized carbons (Fsp3) is 0. The molecule has 2 nitrogen and oxygen atoms in total. The van der Waals surface area contributed by atoms with Crippen molar-refractivity contribution in [2.45, 2.75) is 0 Å². The Hall–Kier alpha value is 1.11. The Bertz CT molecular complexity index is 4.00. The minimum absolute atomic E-state index is 0. The van der Waals surface area contributed by atoms with Crippen molar-refractivity contribution < 1.29 is 48.7 Å². The predicted molar refractivity (Wildman–Crippen MR) is 4.30 cm³/mol. The van der Waals surface area contributed by atoms with Gasteiger partial charge in [0.05, 0.1) is 0 Å². The van der Waals surface area contributed by atoms with Crippen LogP contribution in [0.25, 0.3) is 0 Å². The van der Waals surface area contributed by atoms with Crippen molar-refractivity contribution in [1.29, 1.82) is 0 Å². The molecule has 0 heterocycles. The molecular formula is H2Li2O2. The molecule has 0 bridgehead atoms. The van der Waals surface area contributed by atoms with E-state index >= 15 is 0 Å². The molecule has 0 aromatic heterocycles. The van der Waals surface area contributed by atoms with Gasteiger partial charge in [-0.2, -0.15) is 0 Å². The molecule has 4 heteroatoms. The van der Waals surface area contributed by atoms with Gasteiger partial charge in [0.2, 0.25) is 0 Å². The summed E-state index contributed by atoms with van der Waals surface area (Å²) >= 11 is 0. The van der Waals surface area contributed by atoms with E-state index in [9.17, 15) is 0 Å². The van der Waals surface area contributed by atoms with Gasteiger partial charge in [-0.1, -0.05) is 0 Å². The summed E-state index contributed by atoms with van der Waals surface area (Å²) in [5.41, 5.74) is 0. The van der Waals surface area contributed by atoms with Gasteiger partial charge in [0.1, 0.15) is 0 Å². The maximum atomic E-state index is 0. The first-order valence-electron chi connectivity index (χ1n) is 0. The minimum Gasteiger partial charge on any atom is -2.00 e. The summed E-state index contributed by atoms with van der Waals surface area (Å²) in [6.07, 6.45) is 0. The van der Waals surface area contributed by atoms with Gasteiger partial charge in [0, 0.05) is 0 Å². The zero-order valence-corrected chi connectivity index (χ0v) is 2.91. The molecular weight excluding hydrogens is 45.9 g/mol. The molecule has 0 rings (SSSR count). The van der Waals surface area contributed by atoms with Crippen LogP contribution in [0.5, 0.6) is 0 Å². The maximum absolute atomic E-state index is 0. The number of hydrogen-bond acceptors (Lipinski definition) is 0. The first-order chi connectivity index (χ1) is 0. The van der Waals surface area contributed by atoms with E-state index in [0.717, 1.165) is 0 Å². The zero-order chi connectivity index (χ0) is 0. The predicted octanol–water partition coefficient (Wildman–Crippen LogP) is -6.94. The van der Waals surface area contributed by atoms with E-state index in [0.29, 0.717) is 0 Å². The van der Waals surface area contributed by atoms with Crippen LogP contribution in [0.15, 0.2) is 0 Å². The second kappa shape index (κ2) is 32.1. The first kappa shape index (κ1) is 69.7. The maximum Gasteiger partial charge on any atom is 1.00 e. The minimum atomic E-state index is 0. The van der Waals surface area contributed by atoms with Gasteiger partial charge < -0.3 is 11.0 Å². The number of hydrogen-bond donors (Lipinski definition) is 0. The Balaban J connectivity index is 0. The van der Waals surface area contributed by atoms with Gasteiger partial charge in [-0.05, 0) is 0 Å². The molecule has 0 aromatic rings. The average molecular weight is 47.9 g/mol. The van der Waals surface area contributed by atoms with Crippen molar-refractivity contribution in [3.63, 3.8) is 0 Å². The van der Waals surface area contributed by atoms with E-state index in [1.54, 1.807) is 0 Å². The molecule has 0 spiro atoms. The Kier molecular flexibility index (Phi) is 560. The van der Waals surface area contributed by atoms with E-state index in [1.165, 1.54) is 0 Å². The molecule has 0 aliphatic rings. The summed E-state index contributed by atoms with van der Waals surface area (Å²) in [5.74, 6) is 0. The van der Waals surface area contributed by atoms with Gasteiger partial charge in [-0.15, -0.1) is 0 Å². The van der Waals surface area contributed by atoms with Gasteiger partial charge in [-0.3, -0.25) is 0 Å². The van der Waals surface area contributed by atoms with Crippen LogP contribution in [0.2, 0.25) is 0 Å². The van der Waals surface area contributed by atoms with E-state index in [-0.39, 0.29) is 48.7 Å². The van der Waals surface area contributed by atoms with Crippen LogP contribution in [0.3, 0.4) is 0 Å². The van der Waals surface area contributed by atoms with E-state index in [4.69, 9.17) is 0 Å². The molecule has 0 radical (unpaired) electrons. The smallest absolute Gasteiger partial charge is 1.00 e. The summed E-state index contributed by atoms with van der Waals surface area (Å²) in [5, 5.41) is 0. The molecule has 0 saturated carbocycles. The van der Waals surface area contributed by atoms with Gasteiger partial charge >= 0.3 is 37.7 Å². The topological polar surface area (TPSA) is 60.0 Å². The molecule has 0 aliphatic heterocycles. The summed E-state index contributed by atoms with van der Waals surface area (Å²) in [4.78, 5) is 0. The standard InChI is InChI=1S/2Li.H2O.O/h;;1H2;/q2*+1;;-2. The van der Waals surface area contributed by atoms with E-state index in [2.05, 4.69) is 0 Å². The molecule has 0 saturated heterocycles. The van der Waals surface area contributed by atoms with Crippen LogP contribution >= 0.6 is 0 Å². The van der Waals surface area contributed by atoms with Crippen LogP contribution in [0, 0.1) is 0 Å². The van der Waals surface area contributed by atoms with Gasteiger partial charge in [0.15, 0.2) is 0 Å². The molecule has 0 amide bonds. The van der Waals surface area contributed by atoms with Crippen molar-refractivity contribution >= 4 is 0 Å². The molecule has 16 valence electrons. The Morgan fingerprint density at radius 2 is 0.750 bits per heavy atom. The molecule has 0 atom stereocenters. The molecule has 0 aliphatic carbocycles. The second-order valence-corrected chi connectivity index (χ2v) is 0. The van der Waals surface area contributed by atoms with Crippen molar-refractivity contribution in [3.05, 3.63) is 0 Å². The van der Waals surface area contributed by atoms with Crippen LogP contribution in [0.4, 0.5) is 0 Å². The summed E-state index contributed by atoms with van der Waals surface area (Å²) < 4.78 is 0. The van der Waals surface area contributed by atoms with E-state index in [1.807, 2.05) is 0 Å². The molecule has 4 heavy (non-hydrogen) atoms. The summed E-state index contributed by atoms with van der Waals surface area (Å²) in [7, 11) is 0. The van der Waals surface area contributed by atoms with E-state index < -0.39 is 0 Å². The van der Waals surface area contributed by atoms with Crippen molar-refractivity contribution in [2.75, 3.05) is 0 Å². The largest absolute Gasteiger partial charge is 2.00 e. The number of rotatable bonds is 0. The van der Waals surface area contributed by atoms with Gasteiger partial charge in [-0.25, -0.2) is 0 Å². The zero-order valence-electron chi connectivity index (χ0n) is 2.91. The van der Waals surface area contributed by atoms with Crippen molar-refractivity contribution in [1.82, 2.24) is 0 Å². The third kappa shape index (κ3) is 11.2. The quantitative estimate of drug-likeness (QED) is 0.244. The Labute approximate surface area is 48.9 Å². The normalized spacial score (nSPS) is 0. The second-order valence-electron chi connectivity index (χ2n) is 0. The molecule has 0 aromatic carbocycles. The van der Waals surface area contributed by atoms with Crippen LogP contribution in [-0.2, 0) is 5.48 Å². The first-order valence-corrected chi connectivity index (χ1v) is 0. The summed E-state index contributed by atoms with van der Waals surface area (Å²) in [6.45, 7) is 0. The fourth-order valence-corrected chi connectivity index (χ4v) is 0. The third-order valence-corrected chi connectivity index (χ3v) is 0. The molecule has 0 unspecified atom stereocenters. The SMILES string of the molecule is O.[Li+].[Li+].[O-2].